The lowest BCUT2D eigenvalue weighted by atomic mass is 9.95. The number of rotatable bonds is 6. The zero-order valence-corrected chi connectivity index (χ0v) is 24.4. The second-order valence-electron chi connectivity index (χ2n) is 12.5. The molecule has 0 saturated carbocycles. The number of fused-ring (bicyclic) bond motifs is 6. The van der Waals surface area contributed by atoms with Crippen molar-refractivity contribution in [2.24, 2.45) is 0 Å². The van der Waals surface area contributed by atoms with Crippen LogP contribution in [0.2, 0.25) is 0 Å². The number of aromatic nitrogens is 4. The van der Waals surface area contributed by atoms with Gasteiger partial charge >= 0.3 is 6.01 Å². The van der Waals surface area contributed by atoms with E-state index in [1.165, 1.54) is 0 Å². The highest BCUT2D eigenvalue weighted by molar-refractivity contribution is 5.94. The number of halogens is 1. The number of phenolic OH excluding ortho intramolecular Hbond substituents is 1. The fourth-order valence-electron chi connectivity index (χ4n) is 7.90. The molecule has 0 spiro atoms. The van der Waals surface area contributed by atoms with Crippen LogP contribution >= 0.6 is 0 Å². The first-order valence-electron chi connectivity index (χ1n) is 15.3. The quantitative estimate of drug-likeness (QED) is 0.324. The van der Waals surface area contributed by atoms with Crippen LogP contribution in [-0.2, 0) is 0 Å². The predicted molar refractivity (Wildman–Crippen MR) is 165 cm³/mol. The van der Waals surface area contributed by atoms with Gasteiger partial charge in [-0.25, -0.2) is 9.37 Å². The number of benzene rings is 1. The van der Waals surface area contributed by atoms with Crippen molar-refractivity contribution in [3.8, 4) is 41.4 Å². The third kappa shape index (κ3) is 4.39. The normalized spacial score (nSPS) is 28.9. The Kier molecular flexibility index (Phi) is 6.46. The number of alkyl halides is 1. The molecule has 10 nitrogen and oxygen atoms in total. The van der Waals surface area contributed by atoms with Gasteiger partial charge in [-0.1, -0.05) is 30.7 Å². The van der Waals surface area contributed by atoms with Gasteiger partial charge in [0.05, 0.1) is 11.6 Å². The molecular formula is C33H34FN7O3. The van der Waals surface area contributed by atoms with Gasteiger partial charge in [-0.3, -0.25) is 4.90 Å². The van der Waals surface area contributed by atoms with E-state index in [0.717, 1.165) is 38.8 Å². The largest absolute Gasteiger partial charge is 0.508 e. The van der Waals surface area contributed by atoms with Crippen molar-refractivity contribution in [3.05, 3.63) is 42.0 Å². The van der Waals surface area contributed by atoms with Crippen LogP contribution in [0.3, 0.4) is 0 Å². The lowest BCUT2D eigenvalue weighted by molar-refractivity contribution is 0.107. The van der Waals surface area contributed by atoms with E-state index in [2.05, 4.69) is 27.6 Å². The molecule has 2 N–H and O–H groups in total. The molecule has 8 rings (SSSR count). The fourth-order valence-corrected chi connectivity index (χ4v) is 7.90. The molecule has 5 atom stereocenters. The molecule has 11 heteroatoms. The summed E-state index contributed by atoms with van der Waals surface area (Å²) in [6, 6.07) is 3.99. The van der Waals surface area contributed by atoms with Gasteiger partial charge in [0.25, 0.3) is 0 Å². The van der Waals surface area contributed by atoms with E-state index in [1.54, 1.807) is 30.4 Å². The Morgan fingerprint density at radius 2 is 2.16 bits per heavy atom. The fraction of sp³-hybridized carbons (Fsp3) is 0.455. The van der Waals surface area contributed by atoms with Gasteiger partial charge < -0.3 is 24.8 Å². The average molecular weight is 596 g/mol. The summed E-state index contributed by atoms with van der Waals surface area (Å²) in [5.41, 5.74) is 1.65. The summed E-state index contributed by atoms with van der Waals surface area (Å²) in [6.07, 6.45) is 14.8. The maximum atomic E-state index is 14.5. The molecular weight excluding hydrogens is 561 g/mol. The van der Waals surface area contributed by atoms with Crippen molar-refractivity contribution < 1.29 is 19.0 Å². The Balaban J connectivity index is 1.27. The summed E-state index contributed by atoms with van der Waals surface area (Å²) in [5.74, 6) is 4.09. The van der Waals surface area contributed by atoms with E-state index in [9.17, 15) is 9.50 Å². The van der Waals surface area contributed by atoms with Crippen LogP contribution in [-0.4, -0.2) is 92.6 Å². The van der Waals surface area contributed by atoms with E-state index in [-0.39, 0.29) is 35.2 Å². The van der Waals surface area contributed by atoms with E-state index in [4.69, 9.17) is 35.8 Å². The van der Waals surface area contributed by atoms with Crippen molar-refractivity contribution in [2.75, 3.05) is 37.7 Å². The SMILES string of the molecule is C#Cc1c(/C=C\C=C)cc(O)cc1-c1nc2c3c(nc(OCC45CCCN4CC(F)C5)nc3n1)N1CC3CCC(N3)C1CO2. The summed E-state index contributed by atoms with van der Waals surface area (Å²) < 4.78 is 27.2. The minimum Gasteiger partial charge on any atom is -0.508 e. The minimum absolute atomic E-state index is 0.0212. The minimum atomic E-state index is -0.855. The van der Waals surface area contributed by atoms with E-state index < -0.39 is 6.17 Å². The molecule has 0 radical (unpaired) electrons. The van der Waals surface area contributed by atoms with Crippen molar-refractivity contribution in [1.82, 2.24) is 30.2 Å². The highest BCUT2D eigenvalue weighted by atomic mass is 19.1. The average Bonchev–Trinajstić information content (AvgIpc) is 3.65. The van der Waals surface area contributed by atoms with Crippen LogP contribution in [0.15, 0.2) is 30.9 Å². The molecule has 44 heavy (non-hydrogen) atoms. The van der Waals surface area contributed by atoms with Crippen molar-refractivity contribution in [2.45, 2.75) is 61.9 Å². The number of terminal acetylenes is 1. The van der Waals surface area contributed by atoms with Crippen LogP contribution in [0.5, 0.6) is 17.6 Å². The van der Waals surface area contributed by atoms with Crippen LogP contribution in [0.4, 0.5) is 10.2 Å². The first kappa shape index (κ1) is 27.3. The molecule has 5 aliphatic rings. The van der Waals surface area contributed by atoms with Crippen LogP contribution in [0.1, 0.15) is 43.2 Å². The first-order valence-corrected chi connectivity index (χ1v) is 15.3. The smallest absolute Gasteiger partial charge is 0.320 e. The summed E-state index contributed by atoms with van der Waals surface area (Å²) in [7, 11) is 0. The molecule has 0 aliphatic carbocycles. The highest BCUT2D eigenvalue weighted by Gasteiger charge is 2.50. The van der Waals surface area contributed by atoms with Gasteiger partial charge in [-0.15, -0.1) is 6.42 Å². The number of anilines is 1. The Morgan fingerprint density at radius 3 is 3.02 bits per heavy atom. The van der Waals surface area contributed by atoms with Gasteiger partial charge in [0.1, 0.15) is 30.5 Å². The van der Waals surface area contributed by atoms with Gasteiger partial charge in [-0.2, -0.15) is 15.0 Å². The van der Waals surface area contributed by atoms with Crippen molar-refractivity contribution >= 4 is 22.9 Å². The topological polar surface area (TPSA) is 109 Å². The van der Waals surface area contributed by atoms with E-state index >= 15 is 0 Å². The standard InChI is InChI=1S/C33H34FN7O3/c1-3-5-7-19-12-22(42)13-24(23(19)4-2)28-36-29-27-30(41-16-21-8-9-25(35-21)26(41)17-43-31(27)37-28)39-32(38-29)44-18-33-10-6-11-40(33)15-20(34)14-33/h2-3,5,7,12-13,20-21,25-26,35,42H,1,6,8-11,14-18H2/b7-5-. The highest BCUT2D eigenvalue weighted by Crippen LogP contribution is 2.43. The number of ether oxygens (including phenoxy) is 2. The summed E-state index contributed by atoms with van der Waals surface area (Å²) in [5, 5.41) is 15.0. The van der Waals surface area contributed by atoms with Gasteiger partial charge in [0.15, 0.2) is 17.3 Å². The van der Waals surface area contributed by atoms with E-state index in [0.29, 0.717) is 71.6 Å². The molecule has 3 aromatic rings. The summed E-state index contributed by atoms with van der Waals surface area (Å²) >= 11 is 0. The Labute approximate surface area is 255 Å². The van der Waals surface area contributed by atoms with Crippen molar-refractivity contribution in [3.63, 3.8) is 0 Å². The lowest BCUT2D eigenvalue weighted by Crippen LogP contribution is -2.60. The molecule has 2 bridgehead atoms. The number of aromatic hydroxyl groups is 1. The Hall–Kier alpha value is -4.27. The van der Waals surface area contributed by atoms with Gasteiger partial charge in [-0.05, 0) is 49.9 Å². The predicted octanol–water partition coefficient (Wildman–Crippen LogP) is 3.63. The molecule has 5 unspecified atom stereocenters. The maximum Gasteiger partial charge on any atom is 0.320 e. The maximum absolute atomic E-state index is 14.5. The number of piperazine rings is 1. The molecule has 5 aliphatic heterocycles. The third-order valence-corrected chi connectivity index (χ3v) is 9.89. The molecule has 226 valence electrons. The number of nitrogens with zero attached hydrogens (tertiary/aromatic N) is 6. The molecule has 1 aromatic carbocycles. The van der Waals surface area contributed by atoms with Crippen LogP contribution in [0.25, 0.3) is 28.5 Å². The Bertz CT molecular complexity index is 1740. The number of hydrogen-bond donors (Lipinski definition) is 2. The molecule has 7 heterocycles. The van der Waals surface area contributed by atoms with Crippen LogP contribution < -0.4 is 19.7 Å². The molecule has 2 aromatic heterocycles. The monoisotopic (exact) mass is 595 g/mol. The second kappa shape index (κ2) is 10.4. The number of allylic oxidation sites excluding steroid dienone is 2. The van der Waals surface area contributed by atoms with Gasteiger partial charge in [0.2, 0.25) is 5.88 Å². The molecule has 4 saturated heterocycles. The zero-order valence-electron chi connectivity index (χ0n) is 24.4. The number of phenols is 1. The Morgan fingerprint density at radius 1 is 1.25 bits per heavy atom. The molecule has 4 fully saturated rings. The summed E-state index contributed by atoms with van der Waals surface area (Å²) in [4.78, 5) is 24.0. The summed E-state index contributed by atoms with van der Waals surface area (Å²) in [6.45, 7) is 6.54. The zero-order chi connectivity index (χ0) is 30.0. The first-order chi connectivity index (χ1) is 21.4. The van der Waals surface area contributed by atoms with Gasteiger partial charge in [0, 0.05) is 42.7 Å². The van der Waals surface area contributed by atoms with Crippen LogP contribution in [0, 0.1) is 12.3 Å². The second-order valence-corrected chi connectivity index (χ2v) is 12.5. The van der Waals surface area contributed by atoms with Crippen molar-refractivity contribution in [1.29, 1.82) is 0 Å². The number of nitrogens with one attached hydrogen (secondary N) is 1. The third-order valence-electron chi connectivity index (χ3n) is 9.89. The number of hydrogen-bond acceptors (Lipinski definition) is 10. The lowest BCUT2D eigenvalue weighted by Gasteiger charge is -2.40. The van der Waals surface area contributed by atoms with E-state index in [1.807, 2.05) is 0 Å². The molecule has 0 amide bonds.